The van der Waals surface area contributed by atoms with E-state index in [1.54, 1.807) is 16.7 Å². The highest BCUT2D eigenvalue weighted by atomic mass is 16.4. The molecule has 0 aromatic carbocycles. The van der Waals surface area contributed by atoms with E-state index in [1.807, 2.05) is 6.92 Å². The Labute approximate surface area is 113 Å². The zero-order valence-corrected chi connectivity index (χ0v) is 11.5. The molecule has 0 aromatic heterocycles. The predicted molar refractivity (Wildman–Crippen MR) is 69.4 cm³/mol. The fraction of sp³-hybridized carbons (Fsp3) is 0.769. The highest BCUT2D eigenvalue weighted by Gasteiger charge is 2.30. The van der Waals surface area contributed by atoms with Gasteiger partial charge in [-0.3, -0.25) is 4.79 Å². The van der Waals surface area contributed by atoms with Crippen LogP contribution >= 0.6 is 0 Å². The second kappa shape index (κ2) is 6.98. The molecule has 0 aliphatic carbocycles. The van der Waals surface area contributed by atoms with Crippen molar-refractivity contribution in [3.63, 3.8) is 0 Å². The van der Waals surface area contributed by atoms with Gasteiger partial charge in [0.25, 0.3) is 0 Å². The minimum absolute atomic E-state index is 0.157. The van der Waals surface area contributed by atoms with E-state index >= 15 is 0 Å². The average molecular weight is 267 g/mol. The Morgan fingerprint density at radius 2 is 2.26 bits per heavy atom. The minimum atomic E-state index is -0.842. The minimum Gasteiger partial charge on any atom is -0.481 e. The summed E-state index contributed by atoms with van der Waals surface area (Å²) >= 11 is 0. The van der Waals surface area contributed by atoms with Crippen LogP contribution in [0.1, 0.15) is 26.7 Å². The molecule has 6 nitrogen and oxygen atoms in total. The number of likely N-dealkylation sites (tertiary alicyclic amines) is 1. The molecule has 2 amide bonds. The van der Waals surface area contributed by atoms with E-state index in [0.717, 1.165) is 0 Å². The summed E-state index contributed by atoms with van der Waals surface area (Å²) in [5.74, 6) is -1.53. The van der Waals surface area contributed by atoms with Gasteiger partial charge in [-0.1, -0.05) is 0 Å². The summed E-state index contributed by atoms with van der Waals surface area (Å²) in [4.78, 5) is 26.5. The van der Waals surface area contributed by atoms with Crippen LogP contribution in [0.4, 0.5) is 4.79 Å². The Balaban J connectivity index is 2.64. The van der Waals surface area contributed by atoms with E-state index in [4.69, 9.17) is 10.4 Å². The number of carbonyl (C=O) groups excluding carboxylic acids is 1. The highest BCUT2D eigenvalue weighted by molar-refractivity contribution is 5.76. The molecule has 1 heterocycles. The zero-order chi connectivity index (χ0) is 14.4. The van der Waals surface area contributed by atoms with E-state index in [2.05, 4.69) is 6.07 Å². The third-order valence-electron chi connectivity index (χ3n) is 3.41. The van der Waals surface area contributed by atoms with Crippen molar-refractivity contribution in [2.24, 2.45) is 11.8 Å². The Hall–Kier alpha value is -1.77. The summed E-state index contributed by atoms with van der Waals surface area (Å²) in [6.45, 7) is 5.41. The van der Waals surface area contributed by atoms with Crippen molar-refractivity contribution in [1.82, 2.24) is 9.80 Å². The third-order valence-corrected chi connectivity index (χ3v) is 3.41. The van der Waals surface area contributed by atoms with Crippen molar-refractivity contribution in [2.45, 2.75) is 26.7 Å². The maximum atomic E-state index is 12.3. The fourth-order valence-corrected chi connectivity index (χ4v) is 2.27. The summed E-state index contributed by atoms with van der Waals surface area (Å²) in [5, 5.41) is 17.8. The Bertz CT molecular complexity index is 378. The van der Waals surface area contributed by atoms with Crippen LogP contribution in [0.2, 0.25) is 0 Å². The van der Waals surface area contributed by atoms with E-state index in [9.17, 15) is 9.59 Å². The van der Waals surface area contributed by atoms with Crippen molar-refractivity contribution in [1.29, 1.82) is 5.26 Å². The van der Waals surface area contributed by atoms with Gasteiger partial charge >= 0.3 is 12.0 Å². The normalized spacial score (nSPS) is 20.5. The van der Waals surface area contributed by atoms with E-state index in [1.165, 1.54) is 0 Å². The molecule has 0 aromatic rings. The van der Waals surface area contributed by atoms with E-state index < -0.39 is 11.9 Å². The molecule has 2 atom stereocenters. The molecule has 0 bridgehead atoms. The van der Waals surface area contributed by atoms with Crippen molar-refractivity contribution in [3.05, 3.63) is 0 Å². The molecule has 0 spiro atoms. The largest absolute Gasteiger partial charge is 0.481 e. The number of hydrogen-bond acceptors (Lipinski definition) is 3. The molecule has 1 rings (SSSR count). The van der Waals surface area contributed by atoms with Crippen LogP contribution in [-0.2, 0) is 4.79 Å². The number of urea groups is 1. The molecule has 19 heavy (non-hydrogen) atoms. The van der Waals surface area contributed by atoms with Crippen LogP contribution in [0.3, 0.4) is 0 Å². The molecule has 1 unspecified atom stereocenters. The predicted octanol–water partition coefficient (Wildman–Crippen LogP) is 1.38. The monoisotopic (exact) mass is 267 g/mol. The third kappa shape index (κ3) is 4.12. The second-order valence-corrected chi connectivity index (χ2v) is 4.97. The van der Waals surface area contributed by atoms with Gasteiger partial charge < -0.3 is 14.9 Å². The first-order chi connectivity index (χ1) is 8.99. The van der Waals surface area contributed by atoms with Crippen LogP contribution in [0, 0.1) is 23.2 Å². The SMILES string of the molecule is CCN(CC(C)C#N)C(=O)N1CCC[C@H](C(=O)O)C1. The number of hydrogen-bond donors (Lipinski definition) is 1. The summed E-state index contributed by atoms with van der Waals surface area (Å²) in [7, 11) is 0. The lowest BCUT2D eigenvalue weighted by Gasteiger charge is -2.35. The smallest absolute Gasteiger partial charge is 0.320 e. The number of rotatable bonds is 4. The zero-order valence-electron chi connectivity index (χ0n) is 11.5. The van der Waals surface area contributed by atoms with Gasteiger partial charge in [-0.25, -0.2) is 4.79 Å². The number of piperidine rings is 1. The van der Waals surface area contributed by atoms with Gasteiger partial charge in [0.15, 0.2) is 0 Å². The van der Waals surface area contributed by atoms with Crippen LogP contribution in [0.5, 0.6) is 0 Å². The summed E-state index contributed by atoms with van der Waals surface area (Å²) < 4.78 is 0. The number of carboxylic acids is 1. The van der Waals surface area contributed by atoms with E-state index in [-0.39, 0.29) is 18.5 Å². The molecule has 106 valence electrons. The first-order valence-electron chi connectivity index (χ1n) is 6.65. The number of carboxylic acid groups (broad SMARTS) is 1. The number of nitriles is 1. The van der Waals surface area contributed by atoms with Crippen molar-refractivity contribution < 1.29 is 14.7 Å². The van der Waals surface area contributed by atoms with Crippen LogP contribution < -0.4 is 0 Å². The topological polar surface area (TPSA) is 84.6 Å². The first-order valence-corrected chi connectivity index (χ1v) is 6.65. The van der Waals surface area contributed by atoms with Crippen molar-refractivity contribution in [2.75, 3.05) is 26.2 Å². The maximum absolute atomic E-state index is 12.3. The summed E-state index contributed by atoms with van der Waals surface area (Å²) in [5.41, 5.74) is 0. The quantitative estimate of drug-likeness (QED) is 0.834. The molecule has 0 saturated carbocycles. The van der Waals surface area contributed by atoms with Crippen molar-refractivity contribution >= 4 is 12.0 Å². The van der Waals surface area contributed by atoms with Gasteiger partial charge in [-0.15, -0.1) is 0 Å². The Morgan fingerprint density at radius 1 is 1.58 bits per heavy atom. The molecule has 1 aliphatic heterocycles. The van der Waals surface area contributed by atoms with Gasteiger partial charge in [0.1, 0.15) is 0 Å². The van der Waals surface area contributed by atoms with Crippen LogP contribution in [0.25, 0.3) is 0 Å². The molecule has 1 N–H and O–H groups in total. The Morgan fingerprint density at radius 3 is 2.79 bits per heavy atom. The average Bonchev–Trinajstić information content (AvgIpc) is 2.43. The van der Waals surface area contributed by atoms with E-state index in [0.29, 0.717) is 32.5 Å². The van der Waals surface area contributed by atoms with Gasteiger partial charge in [-0.05, 0) is 26.7 Å². The summed E-state index contributed by atoms with van der Waals surface area (Å²) in [6, 6.07) is 1.95. The number of carbonyl (C=O) groups is 2. The summed E-state index contributed by atoms with van der Waals surface area (Å²) in [6.07, 6.45) is 1.34. The highest BCUT2D eigenvalue weighted by Crippen LogP contribution is 2.18. The first kappa shape index (κ1) is 15.3. The standard InChI is InChI=1S/C13H21N3O3/c1-3-15(8-10(2)7-14)13(19)16-6-4-5-11(9-16)12(17)18/h10-11H,3-6,8-9H2,1-2H3,(H,17,18)/t10?,11-/m0/s1. The Kier molecular flexibility index (Phi) is 5.61. The molecule has 1 aliphatic rings. The molecule has 1 fully saturated rings. The number of nitrogens with zero attached hydrogens (tertiary/aromatic N) is 3. The molecule has 0 radical (unpaired) electrons. The van der Waals surface area contributed by atoms with Crippen molar-refractivity contribution in [3.8, 4) is 6.07 Å². The van der Waals surface area contributed by atoms with Gasteiger partial charge in [0.2, 0.25) is 0 Å². The maximum Gasteiger partial charge on any atom is 0.320 e. The molecular weight excluding hydrogens is 246 g/mol. The molecular formula is C13H21N3O3. The number of amides is 2. The molecule has 6 heteroatoms. The van der Waals surface area contributed by atoms with Crippen LogP contribution in [0.15, 0.2) is 0 Å². The van der Waals surface area contributed by atoms with Crippen LogP contribution in [-0.4, -0.2) is 53.1 Å². The number of aliphatic carboxylic acids is 1. The lowest BCUT2D eigenvalue weighted by atomic mass is 9.98. The molecule has 1 saturated heterocycles. The van der Waals surface area contributed by atoms with Gasteiger partial charge in [0.05, 0.1) is 17.9 Å². The second-order valence-electron chi connectivity index (χ2n) is 4.97. The fourth-order valence-electron chi connectivity index (χ4n) is 2.27. The van der Waals surface area contributed by atoms with Gasteiger partial charge in [-0.2, -0.15) is 5.26 Å². The lowest BCUT2D eigenvalue weighted by molar-refractivity contribution is -0.143. The lowest BCUT2D eigenvalue weighted by Crippen LogP contribution is -2.49. The van der Waals surface area contributed by atoms with Gasteiger partial charge in [0, 0.05) is 26.2 Å².